The van der Waals surface area contributed by atoms with E-state index in [-0.39, 0.29) is 0 Å². The number of nitrogens with one attached hydrogen (secondary N) is 1. The maximum absolute atomic E-state index is 4.03. The van der Waals surface area contributed by atoms with Crippen LogP contribution in [0.3, 0.4) is 0 Å². The highest BCUT2D eigenvalue weighted by atomic mass is 32.2. The van der Waals surface area contributed by atoms with E-state index in [9.17, 15) is 0 Å². The van der Waals surface area contributed by atoms with Crippen LogP contribution >= 0.6 is 11.8 Å². The number of benzene rings is 1. The lowest BCUT2D eigenvalue weighted by atomic mass is 9.99. The van der Waals surface area contributed by atoms with E-state index in [1.165, 1.54) is 49.0 Å². The molecular formula is C18H27NS. The Morgan fingerprint density at radius 1 is 1.15 bits per heavy atom. The second-order valence-corrected chi connectivity index (χ2v) is 7.94. The zero-order valence-electron chi connectivity index (χ0n) is 12.8. The highest BCUT2D eigenvalue weighted by molar-refractivity contribution is 7.99. The third kappa shape index (κ3) is 3.40. The van der Waals surface area contributed by atoms with Gasteiger partial charge in [0.05, 0.1) is 0 Å². The fourth-order valence-corrected chi connectivity index (χ4v) is 4.68. The fraction of sp³-hybridized carbons (Fsp3) is 0.667. The summed E-state index contributed by atoms with van der Waals surface area (Å²) in [5.74, 6) is 2.13. The topological polar surface area (TPSA) is 12.0 Å². The highest BCUT2D eigenvalue weighted by Gasteiger charge is 2.36. The molecule has 1 nitrogen and oxygen atoms in total. The van der Waals surface area contributed by atoms with Crippen LogP contribution in [0.15, 0.2) is 24.3 Å². The van der Waals surface area contributed by atoms with Crippen molar-refractivity contribution in [2.24, 2.45) is 5.92 Å². The van der Waals surface area contributed by atoms with Crippen LogP contribution in [-0.4, -0.2) is 17.0 Å². The van der Waals surface area contributed by atoms with Crippen molar-refractivity contribution in [3.05, 3.63) is 35.4 Å². The van der Waals surface area contributed by atoms with Gasteiger partial charge in [-0.05, 0) is 49.8 Å². The lowest BCUT2D eigenvalue weighted by Crippen LogP contribution is -2.38. The fourth-order valence-electron chi connectivity index (χ4n) is 3.47. The lowest BCUT2D eigenvalue weighted by molar-refractivity contribution is 0.410. The van der Waals surface area contributed by atoms with E-state index in [2.05, 4.69) is 55.2 Å². The molecule has 1 aromatic carbocycles. The Hall–Kier alpha value is -0.470. The van der Waals surface area contributed by atoms with Gasteiger partial charge in [-0.15, -0.1) is 0 Å². The van der Waals surface area contributed by atoms with Gasteiger partial charge >= 0.3 is 0 Å². The van der Waals surface area contributed by atoms with Gasteiger partial charge in [-0.25, -0.2) is 0 Å². The Morgan fingerprint density at radius 3 is 2.55 bits per heavy atom. The van der Waals surface area contributed by atoms with Crippen molar-refractivity contribution in [3.63, 3.8) is 0 Å². The van der Waals surface area contributed by atoms with E-state index < -0.39 is 0 Å². The minimum atomic E-state index is 0.596. The molecule has 3 atom stereocenters. The molecule has 0 bridgehead atoms. The summed E-state index contributed by atoms with van der Waals surface area (Å²) in [6.45, 7) is 4.46. The first-order valence-corrected chi connectivity index (χ1v) is 9.27. The molecule has 2 saturated carbocycles. The maximum Gasteiger partial charge on any atom is 0.0351 e. The number of hydrogen-bond donors (Lipinski definition) is 1. The van der Waals surface area contributed by atoms with E-state index in [0.717, 1.165) is 17.2 Å². The molecular weight excluding hydrogens is 262 g/mol. The molecule has 2 aliphatic carbocycles. The molecule has 2 heteroatoms. The predicted octanol–water partition coefficient (Wildman–Crippen LogP) is 4.71. The zero-order chi connectivity index (χ0) is 13.9. The van der Waals surface area contributed by atoms with E-state index in [0.29, 0.717) is 6.04 Å². The SMILES string of the molecule is CCSC1CCCC1NC(c1ccc(C)cc1)C1CC1. The number of hydrogen-bond acceptors (Lipinski definition) is 2. The van der Waals surface area contributed by atoms with Crippen molar-refractivity contribution < 1.29 is 0 Å². The Labute approximate surface area is 127 Å². The van der Waals surface area contributed by atoms with Crippen LogP contribution in [0.25, 0.3) is 0 Å². The van der Waals surface area contributed by atoms with E-state index in [1.54, 1.807) is 0 Å². The van der Waals surface area contributed by atoms with Crippen molar-refractivity contribution in [1.29, 1.82) is 0 Å². The molecule has 1 aromatic rings. The van der Waals surface area contributed by atoms with Crippen LogP contribution in [0.4, 0.5) is 0 Å². The smallest absolute Gasteiger partial charge is 0.0351 e. The van der Waals surface area contributed by atoms with E-state index >= 15 is 0 Å². The third-order valence-electron chi connectivity index (χ3n) is 4.76. The van der Waals surface area contributed by atoms with Crippen molar-refractivity contribution >= 4 is 11.8 Å². The van der Waals surface area contributed by atoms with Crippen LogP contribution in [0.2, 0.25) is 0 Å². The molecule has 0 aliphatic heterocycles. The van der Waals surface area contributed by atoms with Crippen molar-refractivity contribution in [1.82, 2.24) is 5.32 Å². The third-order valence-corrected chi connectivity index (χ3v) is 6.08. The molecule has 0 amide bonds. The molecule has 20 heavy (non-hydrogen) atoms. The molecule has 2 aliphatic rings. The van der Waals surface area contributed by atoms with Gasteiger partial charge in [0.25, 0.3) is 0 Å². The zero-order valence-corrected chi connectivity index (χ0v) is 13.6. The van der Waals surface area contributed by atoms with Crippen molar-refractivity contribution in [3.8, 4) is 0 Å². The number of thioether (sulfide) groups is 1. The minimum absolute atomic E-state index is 0.596. The maximum atomic E-state index is 4.03. The van der Waals surface area contributed by atoms with E-state index in [4.69, 9.17) is 0 Å². The molecule has 0 spiro atoms. The molecule has 1 N–H and O–H groups in total. The Balaban J connectivity index is 1.69. The summed E-state index contributed by atoms with van der Waals surface area (Å²) >= 11 is 2.16. The minimum Gasteiger partial charge on any atom is -0.306 e. The summed E-state index contributed by atoms with van der Waals surface area (Å²) in [7, 11) is 0. The van der Waals surface area contributed by atoms with Gasteiger partial charge in [-0.3, -0.25) is 0 Å². The average molecular weight is 289 g/mol. The molecule has 0 saturated heterocycles. The summed E-state index contributed by atoms with van der Waals surface area (Å²) in [5, 5.41) is 4.87. The Kier molecular flexibility index (Phi) is 4.72. The molecule has 2 fully saturated rings. The van der Waals surface area contributed by atoms with Gasteiger partial charge in [0.1, 0.15) is 0 Å². The molecule has 3 unspecified atom stereocenters. The summed E-state index contributed by atoms with van der Waals surface area (Å²) in [4.78, 5) is 0. The lowest BCUT2D eigenvalue weighted by Gasteiger charge is -2.27. The number of rotatable bonds is 6. The predicted molar refractivity (Wildman–Crippen MR) is 89.3 cm³/mol. The van der Waals surface area contributed by atoms with E-state index in [1.807, 2.05) is 0 Å². The molecule has 110 valence electrons. The van der Waals surface area contributed by atoms with Crippen molar-refractivity contribution in [2.75, 3.05) is 5.75 Å². The van der Waals surface area contributed by atoms with Crippen LogP contribution in [0.5, 0.6) is 0 Å². The van der Waals surface area contributed by atoms with Gasteiger partial charge in [-0.2, -0.15) is 11.8 Å². The van der Waals surface area contributed by atoms with Gasteiger partial charge in [0, 0.05) is 17.3 Å². The largest absolute Gasteiger partial charge is 0.306 e. The standard InChI is InChI=1S/C18H27NS/c1-3-20-17-6-4-5-16(17)19-18(15-11-12-15)14-9-7-13(2)8-10-14/h7-10,15-19H,3-6,11-12H2,1-2H3. The van der Waals surface area contributed by atoms with Gasteiger partial charge < -0.3 is 5.32 Å². The van der Waals surface area contributed by atoms with Crippen molar-refractivity contribution in [2.45, 2.75) is 63.3 Å². The summed E-state index contributed by atoms with van der Waals surface area (Å²) in [6.07, 6.45) is 6.99. The molecule has 0 radical (unpaired) electrons. The second-order valence-electron chi connectivity index (χ2n) is 6.42. The summed E-state index contributed by atoms with van der Waals surface area (Å²) in [6, 6.07) is 10.5. The Bertz CT molecular complexity index is 424. The van der Waals surface area contributed by atoms with Gasteiger partial charge in [-0.1, -0.05) is 43.2 Å². The number of aryl methyl sites for hydroxylation is 1. The van der Waals surface area contributed by atoms with Crippen LogP contribution in [0, 0.1) is 12.8 Å². The summed E-state index contributed by atoms with van der Waals surface area (Å²) < 4.78 is 0. The molecule has 0 aromatic heterocycles. The normalized spacial score (nSPS) is 27.7. The van der Waals surface area contributed by atoms with Crippen LogP contribution in [0.1, 0.15) is 56.2 Å². The average Bonchev–Trinajstić information content (AvgIpc) is 3.20. The highest BCUT2D eigenvalue weighted by Crippen LogP contribution is 2.43. The van der Waals surface area contributed by atoms with Gasteiger partial charge in [0.2, 0.25) is 0 Å². The van der Waals surface area contributed by atoms with Crippen LogP contribution in [-0.2, 0) is 0 Å². The first-order chi connectivity index (χ1) is 9.78. The summed E-state index contributed by atoms with van der Waals surface area (Å²) in [5.41, 5.74) is 2.87. The quantitative estimate of drug-likeness (QED) is 0.814. The van der Waals surface area contributed by atoms with Crippen LogP contribution < -0.4 is 5.32 Å². The second kappa shape index (κ2) is 6.53. The van der Waals surface area contributed by atoms with Gasteiger partial charge in [0.15, 0.2) is 0 Å². The molecule has 0 heterocycles. The molecule has 3 rings (SSSR count). The Morgan fingerprint density at radius 2 is 1.90 bits per heavy atom. The monoisotopic (exact) mass is 289 g/mol. The first kappa shape index (κ1) is 14.5. The first-order valence-electron chi connectivity index (χ1n) is 8.22.